The Kier molecular flexibility index (Phi) is 3.45. The number of aliphatic hydroxyl groups is 1. The highest BCUT2D eigenvalue weighted by Gasteiger charge is 2.34. The van der Waals surface area contributed by atoms with Crippen LogP contribution in [-0.2, 0) is 9.53 Å². The number of ether oxygens (including phenoxy) is 1. The first kappa shape index (κ1) is 10.4. The van der Waals surface area contributed by atoms with Crippen molar-refractivity contribution in [2.24, 2.45) is 0 Å². The third kappa shape index (κ3) is 3.32. The molecule has 0 saturated carbocycles. The number of carbonyl (C=O) groups excluding carboxylic acids is 1. The van der Waals surface area contributed by atoms with E-state index in [2.05, 4.69) is 4.74 Å². The van der Waals surface area contributed by atoms with E-state index in [-0.39, 0.29) is 6.61 Å². The molecule has 0 bridgehead atoms. The number of hydrogen-bond donors (Lipinski definition) is 1. The van der Waals surface area contributed by atoms with E-state index in [1.807, 2.05) is 0 Å². The number of esters is 1. The van der Waals surface area contributed by atoms with Crippen LogP contribution in [0.2, 0.25) is 0 Å². The summed E-state index contributed by atoms with van der Waals surface area (Å²) in [6, 6.07) is 0. The zero-order chi connectivity index (χ0) is 9.07. The van der Waals surface area contributed by atoms with Gasteiger partial charge in [0.1, 0.15) is 5.67 Å². The zero-order valence-electron chi connectivity index (χ0n) is 6.93. The molecule has 0 fully saturated rings. The van der Waals surface area contributed by atoms with Gasteiger partial charge in [0.2, 0.25) is 0 Å². The Balaban J connectivity index is 4.03. The van der Waals surface area contributed by atoms with Crippen molar-refractivity contribution >= 4 is 5.97 Å². The maximum atomic E-state index is 12.8. The molecule has 0 heterocycles. The number of carbonyl (C=O) groups is 1. The molecule has 11 heavy (non-hydrogen) atoms. The summed E-state index contributed by atoms with van der Waals surface area (Å²) in [6.45, 7) is 3.98. The highest BCUT2D eigenvalue weighted by atomic mass is 19.1. The van der Waals surface area contributed by atoms with Crippen LogP contribution < -0.4 is 0 Å². The van der Waals surface area contributed by atoms with Crippen molar-refractivity contribution < 1.29 is 19.0 Å². The van der Waals surface area contributed by atoms with Crippen LogP contribution in [0.1, 0.15) is 20.8 Å². The second-order valence-electron chi connectivity index (χ2n) is 2.72. The molecule has 0 aliphatic rings. The molecular weight excluding hydrogens is 151 g/mol. The molecule has 0 aromatic heterocycles. The van der Waals surface area contributed by atoms with Gasteiger partial charge in [-0.15, -0.1) is 0 Å². The second-order valence-corrected chi connectivity index (χ2v) is 2.72. The van der Waals surface area contributed by atoms with E-state index in [0.717, 1.165) is 13.8 Å². The number of rotatable bonds is 3. The number of hydrogen-bond acceptors (Lipinski definition) is 3. The van der Waals surface area contributed by atoms with Crippen molar-refractivity contribution in [3.63, 3.8) is 0 Å². The summed E-state index contributed by atoms with van der Waals surface area (Å²) in [4.78, 5) is 10.7. The first-order chi connectivity index (χ1) is 4.89. The quantitative estimate of drug-likeness (QED) is 0.623. The average molecular weight is 164 g/mol. The van der Waals surface area contributed by atoms with Crippen molar-refractivity contribution in [1.82, 2.24) is 0 Å². The van der Waals surface area contributed by atoms with Gasteiger partial charge in [-0.1, -0.05) is 0 Å². The van der Waals surface area contributed by atoms with E-state index in [9.17, 15) is 9.18 Å². The third-order valence-corrected chi connectivity index (χ3v) is 1.16. The molecule has 1 N–H and O–H groups in total. The predicted molar refractivity (Wildman–Crippen MR) is 37.8 cm³/mol. The van der Waals surface area contributed by atoms with E-state index in [4.69, 9.17) is 5.11 Å². The lowest BCUT2D eigenvalue weighted by Crippen LogP contribution is -2.39. The van der Waals surface area contributed by atoms with Crippen molar-refractivity contribution in [2.75, 3.05) is 6.61 Å². The van der Waals surface area contributed by atoms with Crippen LogP contribution in [-0.4, -0.2) is 29.5 Å². The fraction of sp³-hybridized carbons (Fsp3) is 0.857. The standard InChI is InChI=1S/C7H13FO3/c1-4-11-6(10)5(9)7(2,3)8/h5,9H,4H2,1-3H3. The maximum absolute atomic E-state index is 12.8. The average Bonchev–Trinajstić information content (AvgIpc) is 1.85. The van der Waals surface area contributed by atoms with Crippen molar-refractivity contribution in [1.29, 1.82) is 0 Å². The maximum Gasteiger partial charge on any atom is 0.338 e. The van der Waals surface area contributed by atoms with Crippen LogP contribution in [0.15, 0.2) is 0 Å². The van der Waals surface area contributed by atoms with Crippen LogP contribution in [0.25, 0.3) is 0 Å². The molecule has 0 aromatic carbocycles. The van der Waals surface area contributed by atoms with Gasteiger partial charge in [0.05, 0.1) is 6.61 Å². The van der Waals surface area contributed by atoms with Crippen molar-refractivity contribution in [3.05, 3.63) is 0 Å². The highest BCUT2D eigenvalue weighted by molar-refractivity contribution is 5.75. The van der Waals surface area contributed by atoms with Crippen LogP contribution >= 0.6 is 0 Å². The van der Waals surface area contributed by atoms with Crippen LogP contribution in [0, 0.1) is 0 Å². The first-order valence-corrected chi connectivity index (χ1v) is 3.43. The molecule has 0 amide bonds. The summed E-state index contributed by atoms with van der Waals surface area (Å²) in [5.74, 6) is -0.917. The van der Waals surface area contributed by atoms with Gasteiger partial charge in [-0.25, -0.2) is 9.18 Å². The summed E-state index contributed by atoms with van der Waals surface area (Å²) in [6.07, 6.45) is -1.69. The highest BCUT2D eigenvalue weighted by Crippen LogP contribution is 2.15. The summed E-state index contributed by atoms with van der Waals surface area (Å²) >= 11 is 0. The lowest BCUT2D eigenvalue weighted by atomic mass is 10.0. The van der Waals surface area contributed by atoms with E-state index < -0.39 is 17.7 Å². The Morgan fingerprint density at radius 1 is 1.73 bits per heavy atom. The van der Waals surface area contributed by atoms with Crippen LogP contribution in [0.3, 0.4) is 0 Å². The first-order valence-electron chi connectivity index (χ1n) is 3.43. The molecule has 0 saturated heterocycles. The molecule has 3 nitrogen and oxygen atoms in total. The fourth-order valence-corrected chi connectivity index (χ4v) is 0.501. The summed E-state index contributed by atoms with van der Waals surface area (Å²) < 4.78 is 17.2. The Labute approximate surface area is 65.2 Å². The van der Waals surface area contributed by atoms with Gasteiger partial charge in [-0.05, 0) is 20.8 Å². The molecule has 0 aromatic rings. The van der Waals surface area contributed by atoms with Gasteiger partial charge in [0, 0.05) is 0 Å². The summed E-state index contributed by atoms with van der Waals surface area (Å²) in [7, 11) is 0. The lowest BCUT2D eigenvalue weighted by Gasteiger charge is -2.19. The third-order valence-electron chi connectivity index (χ3n) is 1.16. The SMILES string of the molecule is CCOC(=O)C(O)C(C)(C)F. The molecule has 4 heteroatoms. The molecule has 0 aliphatic heterocycles. The summed E-state index contributed by atoms with van der Waals surface area (Å²) in [5, 5.41) is 8.94. The lowest BCUT2D eigenvalue weighted by molar-refractivity contribution is -0.160. The molecule has 1 unspecified atom stereocenters. The second kappa shape index (κ2) is 3.67. The zero-order valence-corrected chi connectivity index (χ0v) is 6.93. The molecular formula is C7H13FO3. The minimum Gasteiger partial charge on any atom is -0.464 e. The van der Waals surface area contributed by atoms with Crippen molar-refractivity contribution in [3.8, 4) is 0 Å². The van der Waals surface area contributed by atoms with E-state index in [1.54, 1.807) is 6.92 Å². The topological polar surface area (TPSA) is 46.5 Å². The van der Waals surface area contributed by atoms with Gasteiger partial charge in [0.25, 0.3) is 0 Å². The van der Waals surface area contributed by atoms with Gasteiger partial charge in [-0.2, -0.15) is 0 Å². The van der Waals surface area contributed by atoms with Gasteiger partial charge in [0.15, 0.2) is 6.10 Å². The number of aliphatic hydroxyl groups excluding tert-OH is 1. The Hall–Kier alpha value is -0.640. The monoisotopic (exact) mass is 164 g/mol. The minimum atomic E-state index is -1.94. The normalized spacial score (nSPS) is 14.3. The van der Waals surface area contributed by atoms with Crippen LogP contribution in [0.5, 0.6) is 0 Å². The molecule has 1 atom stereocenters. The van der Waals surface area contributed by atoms with Crippen molar-refractivity contribution in [2.45, 2.75) is 32.5 Å². The molecule has 0 spiro atoms. The summed E-state index contributed by atoms with van der Waals surface area (Å²) in [5.41, 5.74) is -1.94. The molecule has 66 valence electrons. The predicted octanol–water partition coefficient (Wildman–Crippen LogP) is 0.658. The minimum absolute atomic E-state index is 0.145. The molecule has 0 aliphatic carbocycles. The van der Waals surface area contributed by atoms with E-state index in [0.29, 0.717) is 0 Å². The Bertz CT molecular complexity index is 139. The molecule has 0 radical (unpaired) electrons. The van der Waals surface area contributed by atoms with Gasteiger partial charge in [-0.3, -0.25) is 0 Å². The van der Waals surface area contributed by atoms with Gasteiger partial charge < -0.3 is 9.84 Å². The largest absolute Gasteiger partial charge is 0.464 e. The van der Waals surface area contributed by atoms with Crippen LogP contribution in [0.4, 0.5) is 4.39 Å². The van der Waals surface area contributed by atoms with Gasteiger partial charge >= 0.3 is 5.97 Å². The van der Waals surface area contributed by atoms with E-state index in [1.165, 1.54) is 0 Å². The molecule has 0 rings (SSSR count). The van der Waals surface area contributed by atoms with E-state index >= 15 is 0 Å². The Morgan fingerprint density at radius 3 is 2.45 bits per heavy atom. The number of halogens is 1. The Morgan fingerprint density at radius 2 is 2.18 bits per heavy atom. The number of alkyl halides is 1. The smallest absolute Gasteiger partial charge is 0.338 e. The fourth-order valence-electron chi connectivity index (χ4n) is 0.501.